The molecule has 1 aromatic carbocycles. The number of hydrogen-bond acceptors (Lipinski definition) is 3. The molecular formula is C13H13BrN2O. The first-order valence-electron chi connectivity index (χ1n) is 5.68. The van der Waals surface area contributed by atoms with Gasteiger partial charge in [0.25, 0.3) is 0 Å². The molecule has 0 spiro atoms. The Bertz CT molecular complexity index is 564. The summed E-state index contributed by atoms with van der Waals surface area (Å²) in [6.07, 6.45) is 1.17. The first-order chi connectivity index (χ1) is 8.16. The first kappa shape index (κ1) is 10.8. The molecule has 88 valence electrons. The van der Waals surface area contributed by atoms with Crippen LogP contribution >= 0.6 is 15.9 Å². The fourth-order valence-electron chi connectivity index (χ4n) is 2.21. The summed E-state index contributed by atoms with van der Waals surface area (Å²) in [5.41, 5.74) is 8.92. The number of halogens is 1. The van der Waals surface area contributed by atoms with E-state index in [0.717, 1.165) is 21.3 Å². The molecule has 0 aliphatic heterocycles. The van der Waals surface area contributed by atoms with Gasteiger partial charge in [-0.2, -0.15) is 0 Å². The fraction of sp³-hybridized carbons (Fsp3) is 0.308. The molecule has 17 heavy (non-hydrogen) atoms. The molecule has 1 fully saturated rings. The lowest BCUT2D eigenvalue weighted by molar-refractivity contribution is 0.427. The van der Waals surface area contributed by atoms with Crippen LogP contribution < -0.4 is 5.73 Å². The lowest BCUT2D eigenvalue weighted by Crippen LogP contribution is -1.90. The number of anilines is 1. The van der Waals surface area contributed by atoms with E-state index in [2.05, 4.69) is 28.0 Å². The second kappa shape index (κ2) is 3.88. The summed E-state index contributed by atoms with van der Waals surface area (Å²) in [6.45, 7) is 2.22. The number of nitrogen functional groups attached to an aromatic ring is 1. The molecule has 1 aliphatic carbocycles. The zero-order chi connectivity index (χ0) is 12.0. The summed E-state index contributed by atoms with van der Waals surface area (Å²) in [7, 11) is 0. The van der Waals surface area contributed by atoms with E-state index in [9.17, 15) is 0 Å². The Morgan fingerprint density at radius 2 is 2.24 bits per heavy atom. The largest absolute Gasteiger partial charge is 0.367 e. The van der Waals surface area contributed by atoms with Crippen molar-refractivity contribution >= 4 is 21.8 Å². The van der Waals surface area contributed by atoms with Crippen molar-refractivity contribution in [2.24, 2.45) is 5.92 Å². The maximum Gasteiger partial charge on any atom is 0.230 e. The van der Waals surface area contributed by atoms with Crippen molar-refractivity contribution in [3.05, 3.63) is 34.4 Å². The molecule has 4 heteroatoms. The van der Waals surface area contributed by atoms with Gasteiger partial charge in [0.05, 0.1) is 11.3 Å². The topological polar surface area (TPSA) is 52.0 Å². The third-order valence-corrected chi connectivity index (χ3v) is 3.81. The van der Waals surface area contributed by atoms with E-state index in [1.165, 1.54) is 6.42 Å². The molecule has 2 N–H and O–H groups in total. The number of nitrogens with zero attached hydrogens (tertiary/aromatic N) is 1. The summed E-state index contributed by atoms with van der Waals surface area (Å²) in [6, 6.07) is 8.06. The van der Waals surface area contributed by atoms with E-state index in [0.29, 0.717) is 17.7 Å². The maximum absolute atomic E-state index is 5.89. The van der Waals surface area contributed by atoms with Crippen molar-refractivity contribution < 1.29 is 4.52 Å². The van der Waals surface area contributed by atoms with Crippen LogP contribution in [0, 0.1) is 5.92 Å². The summed E-state index contributed by atoms with van der Waals surface area (Å²) in [4.78, 5) is 0. The number of hydrogen-bond donors (Lipinski definition) is 1. The van der Waals surface area contributed by atoms with Crippen LogP contribution in [0.1, 0.15) is 25.0 Å². The number of rotatable bonds is 2. The van der Waals surface area contributed by atoms with Crippen molar-refractivity contribution in [1.29, 1.82) is 0 Å². The van der Waals surface area contributed by atoms with Crippen molar-refractivity contribution in [2.45, 2.75) is 19.3 Å². The average Bonchev–Trinajstić information content (AvgIpc) is 2.88. The predicted octanol–water partition coefficient (Wildman–Crippen LogP) is 3.81. The Labute approximate surface area is 108 Å². The minimum atomic E-state index is 0.414. The highest BCUT2D eigenvalue weighted by Gasteiger charge is 2.39. The summed E-state index contributed by atoms with van der Waals surface area (Å²) in [5.74, 6) is 1.60. The van der Waals surface area contributed by atoms with Gasteiger partial charge in [0.1, 0.15) is 0 Å². The zero-order valence-corrected chi connectivity index (χ0v) is 11.1. The van der Waals surface area contributed by atoms with Gasteiger partial charge in [0, 0.05) is 10.4 Å². The van der Waals surface area contributed by atoms with E-state index in [-0.39, 0.29) is 0 Å². The number of benzene rings is 1. The highest BCUT2D eigenvalue weighted by Crippen LogP contribution is 2.50. The molecule has 1 aromatic heterocycles. The van der Waals surface area contributed by atoms with E-state index in [4.69, 9.17) is 10.3 Å². The molecule has 2 atom stereocenters. The van der Waals surface area contributed by atoms with E-state index in [1.807, 2.05) is 24.3 Å². The second-order valence-corrected chi connectivity index (χ2v) is 5.55. The molecular weight excluding hydrogens is 280 g/mol. The minimum absolute atomic E-state index is 0.414. The molecule has 3 rings (SSSR count). The Morgan fingerprint density at radius 3 is 2.88 bits per heavy atom. The highest BCUT2D eigenvalue weighted by atomic mass is 79.9. The van der Waals surface area contributed by atoms with Gasteiger partial charge < -0.3 is 10.3 Å². The van der Waals surface area contributed by atoms with Crippen molar-refractivity contribution in [3.8, 4) is 11.1 Å². The van der Waals surface area contributed by atoms with Crippen LogP contribution in [0.15, 0.2) is 33.3 Å². The third kappa shape index (κ3) is 1.86. The molecule has 1 saturated carbocycles. The van der Waals surface area contributed by atoms with Gasteiger partial charge in [0.15, 0.2) is 0 Å². The van der Waals surface area contributed by atoms with Crippen LogP contribution in [0.4, 0.5) is 5.88 Å². The van der Waals surface area contributed by atoms with Crippen LogP contribution in [0.5, 0.6) is 0 Å². The molecule has 1 aliphatic rings. The third-order valence-electron chi connectivity index (χ3n) is 3.32. The zero-order valence-electron chi connectivity index (χ0n) is 9.48. The molecule has 1 heterocycles. The van der Waals surface area contributed by atoms with E-state index < -0.39 is 0 Å². The molecule has 0 amide bonds. The van der Waals surface area contributed by atoms with Crippen LogP contribution in [0.2, 0.25) is 0 Å². The Hall–Kier alpha value is -1.29. The van der Waals surface area contributed by atoms with Gasteiger partial charge in [-0.3, -0.25) is 0 Å². The highest BCUT2D eigenvalue weighted by molar-refractivity contribution is 9.10. The maximum atomic E-state index is 5.89. The van der Waals surface area contributed by atoms with Crippen LogP contribution in [-0.4, -0.2) is 5.16 Å². The first-order valence-corrected chi connectivity index (χ1v) is 6.47. The van der Waals surface area contributed by atoms with E-state index in [1.54, 1.807) is 0 Å². The summed E-state index contributed by atoms with van der Waals surface area (Å²) in [5, 5.41) is 4.12. The van der Waals surface area contributed by atoms with Gasteiger partial charge in [0.2, 0.25) is 5.88 Å². The Morgan fingerprint density at radius 1 is 1.47 bits per heavy atom. The smallest absolute Gasteiger partial charge is 0.230 e. The van der Waals surface area contributed by atoms with Gasteiger partial charge in [-0.25, -0.2) is 0 Å². The quantitative estimate of drug-likeness (QED) is 0.916. The molecule has 0 bridgehead atoms. The molecule has 0 radical (unpaired) electrons. The molecule has 2 aromatic rings. The second-order valence-electron chi connectivity index (χ2n) is 4.64. The van der Waals surface area contributed by atoms with Crippen molar-refractivity contribution in [2.75, 3.05) is 5.73 Å². The lowest BCUT2D eigenvalue weighted by atomic mass is 10.0. The molecule has 0 saturated heterocycles. The van der Waals surface area contributed by atoms with Crippen LogP contribution in [0.25, 0.3) is 11.1 Å². The Kier molecular flexibility index (Phi) is 2.47. The van der Waals surface area contributed by atoms with Gasteiger partial charge in [-0.1, -0.05) is 40.1 Å². The van der Waals surface area contributed by atoms with Gasteiger partial charge in [-0.05, 0) is 30.0 Å². The van der Waals surface area contributed by atoms with Crippen LogP contribution in [0.3, 0.4) is 0 Å². The fourth-order valence-corrected chi connectivity index (χ4v) is 2.61. The molecule has 3 nitrogen and oxygen atoms in total. The summed E-state index contributed by atoms with van der Waals surface area (Å²) >= 11 is 3.47. The van der Waals surface area contributed by atoms with Gasteiger partial charge >= 0.3 is 0 Å². The minimum Gasteiger partial charge on any atom is -0.367 e. The van der Waals surface area contributed by atoms with Crippen LogP contribution in [-0.2, 0) is 0 Å². The lowest BCUT2D eigenvalue weighted by Gasteiger charge is -2.02. The SMILES string of the molecule is CC1CC1c1noc(N)c1-c1cccc(Br)c1. The van der Waals surface area contributed by atoms with Gasteiger partial charge in [-0.15, -0.1) is 0 Å². The van der Waals surface area contributed by atoms with Crippen molar-refractivity contribution in [3.63, 3.8) is 0 Å². The van der Waals surface area contributed by atoms with Crippen molar-refractivity contribution in [1.82, 2.24) is 5.16 Å². The monoisotopic (exact) mass is 292 g/mol. The normalized spacial score (nSPS) is 22.7. The number of aromatic nitrogens is 1. The Balaban J connectivity index is 2.10. The predicted molar refractivity (Wildman–Crippen MR) is 70.6 cm³/mol. The standard InChI is InChI=1S/C13H13BrN2O/c1-7-5-10(7)12-11(13(15)17-16-12)8-3-2-4-9(14)6-8/h2-4,6-7,10H,5,15H2,1H3. The average molecular weight is 293 g/mol. The molecule has 2 unspecified atom stereocenters. The summed E-state index contributed by atoms with van der Waals surface area (Å²) < 4.78 is 6.18. The number of nitrogens with two attached hydrogens (primary N) is 1. The van der Waals surface area contributed by atoms with E-state index >= 15 is 0 Å².